The van der Waals surface area contributed by atoms with Crippen LogP contribution in [0.2, 0.25) is 0 Å². The highest BCUT2D eigenvalue weighted by Gasteiger charge is 2.30. The number of nitrogens with zero attached hydrogens (tertiary/aromatic N) is 7. The minimum Gasteiger partial charge on any atom is -0.368 e. The van der Waals surface area contributed by atoms with E-state index < -0.39 is 0 Å². The fourth-order valence-corrected chi connectivity index (χ4v) is 5.76. The maximum atomic E-state index is 6.29. The lowest BCUT2D eigenvalue weighted by molar-refractivity contribution is 0.440. The van der Waals surface area contributed by atoms with Crippen molar-refractivity contribution in [3.8, 4) is 0 Å². The normalized spacial score (nSPS) is 26.8. The van der Waals surface area contributed by atoms with Crippen LogP contribution in [-0.4, -0.2) is 91.5 Å². The molecule has 3 aliphatic heterocycles. The van der Waals surface area contributed by atoms with Crippen molar-refractivity contribution in [2.75, 3.05) is 72.0 Å². The van der Waals surface area contributed by atoms with Gasteiger partial charge < -0.3 is 42.5 Å². The third kappa shape index (κ3) is 6.35. The molecular weight excluding hydrogens is 490 g/mol. The van der Waals surface area contributed by atoms with Crippen molar-refractivity contribution in [2.45, 2.75) is 50.9 Å². The highest BCUT2D eigenvalue weighted by atomic mass is 35.5. The Morgan fingerprint density at radius 1 is 0.622 bits per heavy atom. The fourth-order valence-electron chi connectivity index (χ4n) is 5.76. The summed E-state index contributed by atoms with van der Waals surface area (Å²) in [5, 5.41) is 0. The summed E-state index contributed by atoms with van der Waals surface area (Å²) in [6, 6.07) is 6.64. The van der Waals surface area contributed by atoms with Crippen LogP contribution >= 0.6 is 12.4 Å². The van der Waals surface area contributed by atoms with Gasteiger partial charge in [-0.1, -0.05) is 17.7 Å². The molecule has 5 rings (SSSR count). The summed E-state index contributed by atoms with van der Waals surface area (Å²) in [5.41, 5.74) is 29.1. The Balaban J connectivity index is 0.00000320. The SMILES string of the molecule is Cc1ccc(N2CCN(c3nc(N4C[C@H](N)C[C@H](N)C4)nc(N4C[C@H](N)C[C@H](N)C4)n3)CC2)c(C)c1.Cl. The average Bonchev–Trinajstić information content (AvgIpc) is 2.83. The third-order valence-electron chi connectivity index (χ3n) is 7.45. The Labute approximate surface area is 226 Å². The summed E-state index contributed by atoms with van der Waals surface area (Å²) in [4.78, 5) is 23.6. The van der Waals surface area contributed by atoms with Crippen molar-refractivity contribution in [2.24, 2.45) is 22.9 Å². The Kier molecular flexibility index (Phi) is 8.59. The molecule has 0 spiro atoms. The van der Waals surface area contributed by atoms with Gasteiger partial charge in [0.15, 0.2) is 0 Å². The Hall–Kier alpha value is -2.44. The number of piperidine rings is 2. The van der Waals surface area contributed by atoms with Gasteiger partial charge in [-0.3, -0.25) is 0 Å². The molecule has 12 heteroatoms. The molecule has 0 bridgehead atoms. The number of aryl methyl sites for hydroxylation is 2. The lowest BCUT2D eigenvalue weighted by Gasteiger charge is -2.39. The first kappa shape index (κ1) is 27.6. The number of nitrogens with two attached hydrogens (primary N) is 4. The topological polar surface area (TPSA) is 156 Å². The highest BCUT2D eigenvalue weighted by Crippen LogP contribution is 2.26. The maximum absolute atomic E-state index is 6.29. The second-order valence-electron chi connectivity index (χ2n) is 10.8. The van der Waals surface area contributed by atoms with Crippen molar-refractivity contribution in [3.05, 3.63) is 29.3 Å². The van der Waals surface area contributed by atoms with E-state index >= 15 is 0 Å². The van der Waals surface area contributed by atoms with E-state index in [1.807, 2.05) is 0 Å². The lowest BCUT2D eigenvalue weighted by Crippen LogP contribution is -2.54. The van der Waals surface area contributed by atoms with Crippen LogP contribution in [0.1, 0.15) is 24.0 Å². The van der Waals surface area contributed by atoms with Crippen LogP contribution in [0.5, 0.6) is 0 Å². The first-order chi connectivity index (χ1) is 17.2. The monoisotopic (exact) mass is 531 g/mol. The number of hydrogen-bond donors (Lipinski definition) is 4. The minimum absolute atomic E-state index is 0. The number of piperazine rings is 1. The van der Waals surface area contributed by atoms with E-state index in [1.54, 1.807) is 0 Å². The van der Waals surface area contributed by atoms with E-state index in [2.05, 4.69) is 51.6 Å². The molecule has 0 aliphatic carbocycles. The summed E-state index contributed by atoms with van der Waals surface area (Å²) in [6.07, 6.45) is 1.61. The number of benzene rings is 1. The van der Waals surface area contributed by atoms with Crippen LogP contribution in [-0.2, 0) is 0 Å². The van der Waals surface area contributed by atoms with E-state index in [9.17, 15) is 0 Å². The smallest absolute Gasteiger partial charge is 0.232 e. The van der Waals surface area contributed by atoms with Gasteiger partial charge in [0.1, 0.15) is 0 Å². The van der Waals surface area contributed by atoms with Crippen LogP contribution in [0.4, 0.5) is 23.5 Å². The molecular formula is C25H42ClN11. The third-order valence-corrected chi connectivity index (χ3v) is 7.45. The van der Waals surface area contributed by atoms with E-state index in [-0.39, 0.29) is 36.6 Å². The Bertz CT molecular complexity index is 997. The summed E-state index contributed by atoms with van der Waals surface area (Å²) < 4.78 is 0. The zero-order valence-electron chi connectivity index (χ0n) is 22.0. The zero-order chi connectivity index (χ0) is 25.4. The van der Waals surface area contributed by atoms with Crippen molar-refractivity contribution in [1.82, 2.24) is 15.0 Å². The standard InChI is InChI=1S/C25H41N11.ClH/c1-16-3-4-22(17(2)9-16)33-5-7-34(8-6-33)23-30-24(35-12-18(26)10-19(27)13-35)32-25(31-23)36-14-20(28)11-21(29)15-36;/h3-4,9,18-21H,5-8,10-15,26-29H2,1-2H3;1H/t18-,19+,20-,21+;. The number of aromatic nitrogens is 3. The van der Waals surface area contributed by atoms with E-state index in [4.69, 9.17) is 37.9 Å². The van der Waals surface area contributed by atoms with Crippen LogP contribution in [0, 0.1) is 13.8 Å². The van der Waals surface area contributed by atoms with Gasteiger partial charge in [-0.2, -0.15) is 15.0 Å². The molecule has 0 radical (unpaired) electrons. The number of rotatable bonds is 4. The molecule has 3 aliphatic rings. The van der Waals surface area contributed by atoms with Crippen molar-refractivity contribution >= 4 is 35.9 Å². The second-order valence-corrected chi connectivity index (χ2v) is 10.8. The first-order valence-corrected chi connectivity index (χ1v) is 13.1. The van der Waals surface area contributed by atoms with Gasteiger partial charge in [-0.25, -0.2) is 0 Å². The molecule has 37 heavy (non-hydrogen) atoms. The van der Waals surface area contributed by atoms with E-state index in [1.165, 1.54) is 16.8 Å². The molecule has 0 amide bonds. The van der Waals surface area contributed by atoms with Gasteiger partial charge in [-0.15, -0.1) is 12.4 Å². The van der Waals surface area contributed by atoms with E-state index in [0.29, 0.717) is 44.0 Å². The maximum Gasteiger partial charge on any atom is 0.232 e. The summed E-state index contributed by atoms with van der Waals surface area (Å²) >= 11 is 0. The summed E-state index contributed by atoms with van der Waals surface area (Å²) in [6.45, 7) is 10.5. The van der Waals surface area contributed by atoms with Gasteiger partial charge in [0, 0.05) is 82.2 Å². The molecule has 3 saturated heterocycles. The molecule has 1 aromatic carbocycles. The average molecular weight is 532 g/mol. The van der Waals surface area contributed by atoms with E-state index in [0.717, 1.165) is 39.0 Å². The molecule has 0 unspecified atom stereocenters. The van der Waals surface area contributed by atoms with Gasteiger partial charge in [0.2, 0.25) is 17.8 Å². The first-order valence-electron chi connectivity index (χ1n) is 13.1. The van der Waals surface area contributed by atoms with Crippen molar-refractivity contribution in [3.63, 3.8) is 0 Å². The van der Waals surface area contributed by atoms with Gasteiger partial charge in [-0.05, 0) is 38.3 Å². The summed E-state index contributed by atoms with van der Waals surface area (Å²) in [7, 11) is 0. The fraction of sp³-hybridized carbons (Fsp3) is 0.640. The predicted octanol–water partition coefficient (Wildman–Crippen LogP) is -0.0338. The molecule has 4 heterocycles. The molecule has 4 atom stereocenters. The van der Waals surface area contributed by atoms with Crippen molar-refractivity contribution < 1.29 is 0 Å². The largest absolute Gasteiger partial charge is 0.368 e. The minimum atomic E-state index is -0.00413. The predicted molar refractivity (Wildman–Crippen MR) is 153 cm³/mol. The molecule has 2 aromatic rings. The number of anilines is 4. The second kappa shape index (κ2) is 11.5. The zero-order valence-corrected chi connectivity index (χ0v) is 22.8. The number of hydrogen-bond acceptors (Lipinski definition) is 11. The van der Waals surface area contributed by atoms with Crippen LogP contribution in [0.3, 0.4) is 0 Å². The summed E-state index contributed by atoms with van der Waals surface area (Å²) in [5.74, 6) is 1.95. The quantitative estimate of drug-likeness (QED) is 0.420. The van der Waals surface area contributed by atoms with Crippen LogP contribution < -0.4 is 42.5 Å². The highest BCUT2D eigenvalue weighted by molar-refractivity contribution is 5.85. The molecule has 3 fully saturated rings. The Morgan fingerprint density at radius 2 is 1.03 bits per heavy atom. The van der Waals surface area contributed by atoms with Crippen LogP contribution in [0.15, 0.2) is 18.2 Å². The van der Waals surface area contributed by atoms with Gasteiger partial charge in [0.05, 0.1) is 0 Å². The van der Waals surface area contributed by atoms with Crippen molar-refractivity contribution in [1.29, 1.82) is 0 Å². The molecule has 204 valence electrons. The van der Waals surface area contributed by atoms with Gasteiger partial charge >= 0.3 is 0 Å². The molecule has 11 nitrogen and oxygen atoms in total. The lowest BCUT2D eigenvalue weighted by atomic mass is 10.0. The molecule has 1 aromatic heterocycles. The van der Waals surface area contributed by atoms with Crippen LogP contribution in [0.25, 0.3) is 0 Å². The Morgan fingerprint density at radius 3 is 1.46 bits per heavy atom. The molecule has 0 saturated carbocycles. The van der Waals surface area contributed by atoms with Gasteiger partial charge in [0.25, 0.3) is 0 Å². The number of halogens is 1. The molecule has 8 N–H and O–H groups in total.